The minimum absolute atomic E-state index is 0.170. The summed E-state index contributed by atoms with van der Waals surface area (Å²) in [7, 11) is -2.54. The van der Waals surface area contributed by atoms with Gasteiger partial charge in [-0.15, -0.1) is 0 Å². The Balaban J connectivity index is 1.77. The van der Waals surface area contributed by atoms with Crippen molar-refractivity contribution in [2.45, 2.75) is 69.0 Å². The van der Waals surface area contributed by atoms with Crippen molar-refractivity contribution in [3.05, 3.63) is 34.2 Å². The molecular weight excluding hydrogens is 389 g/mol. The van der Waals surface area contributed by atoms with E-state index in [2.05, 4.69) is 4.98 Å². The number of aromatic amines is 1. The SMILES string of the molecule is CCC(C)(CC1OC(c2ccc(=O)[nH]c2)C(OC)C1O)OP(=O)(O)C1(C)CO1. The van der Waals surface area contributed by atoms with Gasteiger partial charge < -0.3 is 33.7 Å². The standard InChI is InChI=1S/C18H28NO8P/c1-5-17(2,27-28(22,23)18(3)10-25-18)8-12-14(21)16(24-4)15(26-12)11-6-7-13(20)19-9-11/h6-7,9,12,14-16,21H,5,8,10H2,1-4H3,(H,19,20)(H,22,23). The number of H-pyrrole nitrogens is 1. The molecule has 2 aliphatic heterocycles. The first-order valence-electron chi connectivity index (χ1n) is 9.27. The normalized spacial score (nSPS) is 36.6. The Hall–Kier alpha value is -1.06. The predicted molar refractivity (Wildman–Crippen MR) is 100 cm³/mol. The first kappa shape index (κ1) is 21.6. The molecule has 2 aliphatic rings. The summed E-state index contributed by atoms with van der Waals surface area (Å²) < 4.78 is 34.8. The Morgan fingerprint density at radius 3 is 2.64 bits per heavy atom. The maximum atomic E-state index is 12.6. The van der Waals surface area contributed by atoms with Crippen LogP contribution in [0.4, 0.5) is 0 Å². The van der Waals surface area contributed by atoms with Crippen molar-refractivity contribution in [1.29, 1.82) is 0 Å². The van der Waals surface area contributed by atoms with Gasteiger partial charge in [-0.05, 0) is 31.9 Å². The van der Waals surface area contributed by atoms with Crippen LogP contribution in [0.3, 0.4) is 0 Å². The number of ether oxygens (including phenoxy) is 3. The molecule has 0 spiro atoms. The summed E-state index contributed by atoms with van der Waals surface area (Å²) in [5.41, 5.74) is -0.587. The van der Waals surface area contributed by atoms with Crippen LogP contribution >= 0.6 is 7.60 Å². The lowest BCUT2D eigenvalue weighted by molar-refractivity contribution is -0.0481. The minimum Gasteiger partial charge on any atom is -0.388 e. The number of methoxy groups -OCH3 is 1. The van der Waals surface area contributed by atoms with Gasteiger partial charge in [0.15, 0.2) is 5.34 Å². The van der Waals surface area contributed by atoms with E-state index in [4.69, 9.17) is 18.7 Å². The van der Waals surface area contributed by atoms with Crippen LogP contribution in [0.5, 0.6) is 0 Å². The molecule has 1 aromatic rings. The first-order chi connectivity index (χ1) is 13.0. The highest BCUT2D eigenvalue weighted by atomic mass is 31.2. The van der Waals surface area contributed by atoms with Crippen LogP contribution in [0.15, 0.2) is 23.1 Å². The van der Waals surface area contributed by atoms with Gasteiger partial charge >= 0.3 is 7.60 Å². The zero-order valence-corrected chi connectivity index (χ0v) is 17.3. The highest BCUT2D eigenvalue weighted by Gasteiger charge is 2.59. The van der Waals surface area contributed by atoms with Crippen LogP contribution in [0.1, 0.15) is 45.3 Å². The van der Waals surface area contributed by atoms with Gasteiger partial charge in [-0.25, -0.2) is 0 Å². The molecule has 7 unspecified atom stereocenters. The number of aliphatic hydroxyl groups excluding tert-OH is 1. The third kappa shape index (κ3) is 4.11. The van der Waals surface area contributed by atoms with E-state index in [0.29, 0.717) is 12.0 Å². The number of aromatic nitrogens is 1. The van der Waals surface area contributed by atoms with Crippen LogP contribution < -0.4 is 5.56 Å². The Morgan fingerprint density at radius 2 is 2.14 bits per heavy atom. The zero-order chi connectivity index (χ0) is 20.7. The van der Waals surface area contributed by atoms with E-state index in [9.17, 15) is 19.4 Å². The molecule has 0 aliphatic carbocycles. The Labute approximate surface area is 163 Å². The lowest BCUT2D eigenvalue weighted by Crippen LogP contribution is -2.39. The number of hydrogen-bond acceptors (Lipinski definition) is 7. The lowest BCUT2D eigenvalue weighted by Gasteiger charge is -2.34. The number of rotatable bonds is 8. The summed E-state index contributed by atoms with van der Waals surface area (Å²) in [6.45, 7) is 5.26. The fraction of sp³-hybridized carbons (Fsp3) is 0.722. The highest BCUT2D eigenvalue weighted by molar-refractivity contribution is 7.54. The third-order valence-corrected chi connectivity index (χ3v) is 7.77. The molecule has 0 bridgehead atoms. The second kappa shape index (κ2) is 7.65. The largest absolute Gasteiger partial charge is 0.388 e. The van der Waals surface area contributed by atoms with Crippen molar-refractivity contribution in [3.63, 3.8) is 0 Å². The molecule has 0 aromatic carbocycles. The molecule has 3 N–H and O–H groups in total. The van der Waals surface area contributed by atoms with E-state index in [1.54, 1.807) is 13.0 Å². The van der Waals surface area contributed by atoms with E-state index >= 15 is 0 Å². The van der Waals surface area contributed by atoms with Crippen molar-refractivity contribution in [2.24, 2.45) is 0 Å². The summed E-state index contributed by atoms with van der Waals surface area (Å²) >= 11 is 0. The van der Waals surface area contributed by atoms with E-state index in [-0.39, 0.29) is 18.6 Å². The zero-order valence-electron chi connectivity index (χ0n) is 16.5. The molecule has 28 heavy (non-hydrogen) atoms. The predicted octanol–water partition coefficient (Wildman–Crippen LogP) is 1.70. The molecule has 158 valence electrons. The minimum atomic E-state index is -4.01. The summed E-state index contributed by atoms with van der Waals surface area (Å²) in [5.74, 6) is 0. The smallest absolute Gasteiger partial charge is 0.362 e. The van der Waals surface area contributed by atoms with Crippen LogP contribution in [-0.4, -0.2) is 58.0 Å². The molecule has 0 saturated carbocycles. The Bertz CT molecular complexity index is 789. The van der Waals surface area contributed by atoms with E-state index in [1.807, 2.05) is 6.92 Å². The monoisotopic (exact) mass is 417 g/mol. The average molecular weight is 417 g/mol. The third-order valence-electron chi connectivity index (χ3n) is 5.63. The first-order valence-corrected chi connectivity index (χ1v) is 10.8. The number of pyridine rings is 1. The van der Waals surface area contributed by atoms with Crippen LogP contribution in [-0.2, 0) is 23.3 Å². The molecule has 9 nitrogen and oxygen atoms in total. The van der Waals surface area contributed by atoms with Crippen molar-refractivity contribution >= 4 is 7.60 Å². The number of nitrogens with one attached hydrogen (secondary N) is 1. The molecule has 2 saturated heterocycles. The van der Waals surface area contributed by atoms with Crippen molar-refractivity contribution in [1.82, 2.24) is 4.98 Å². The van der Waals surface area contributed by atoms with E-state index in [0.717, 1.165) is 0 Å². The maximum Gasteiger partial charge on any atom is 0.362 e. The second-order valence-electron chi connectivity index (χ2n) is 7.86. The number of epoxide rings is 1. The average Bonchev–Trinajstić information content (AvgIpc) is 3.33. The van der Waals surface area contributed by atoms with Gasteiger partial charge in [0.1, 0.15) is 18.3 Å². The van der Waals surface area contributed by atoms with Crippen molar-refractivity contribution < 1.29 is 33.3 Å². The van der Waals surface area contributed by atoms with Crippen molar-refractivity contribution in [3.8, 4) is 0 Å². The van der Waals surface area contributed by atoms with Gasteiger partial charge in [0, 0.05) is 25.8 Å². The van der Waals surface area contributed by atoms with Gasteiger partial charge in [0.05, 0.1) is 18.3 Å². The van der Waals surface area contributed by atoms with Gasteiger partial charge in [0.25, 0.3) is 0 Å². The van der Waals surface area contributed by atoms with Gasteiger partial charge in [0.2, 0.25) is 5.56 Å². The van der Waals surface area contributed by atoms with Crippen LogP contribution in [0.2, 0.25) is 0 Å². The molecule has 1 aromatic heterocycles. The second-order valence-corrected chi connectivity index (χ2v) is 10.0. The quantitative estimate of drug-likeness (QED) is 0.430. The van der Waals surface area contributed by atoms with Crippen LogP contribution in [0, 0.1) is 0 Å². The summed E-state index contributed by atoms with van der Waals surface area (Å²) in [6, 6.07) is 3.00. The highest BCUT2D eigenvalue weighted by Crippen LogP contribution is 2.65. The molecular formula is C18H28NO8P. The fourth-order valence-corrected chi connectivity index (χ4v) is 4.76. The van der Waals surface area contributed by atoms with E-state index in [1.165, 1.54) is 26.3 Å². The summed E-state index contributed by atoms with van der Waals surface area (Å²) in [4.78, 5) is 24.2. The summed E-state index contributed by atoms with van der Waals surface area (Å²) in [5, 5.41) is 9.56. The fourth-order valence-electron chi connectivity index (χ4n) is 3.37. The van der Waals surface area contributed by atoms with Crippen molar-refractivity contribution in [2.75, 3.05) is 13.7 Å². The molecule has 2 fully saturated rings. The van der Waals surface area contributed by atoms with Gasteiger partial charge in [-0.1, -0.05) is 6.92 Å². The Morgan fingerprint density at radius 1 is 1.46 bits per heavy atom. The number of hydrogen-bond donors (Lipinski definition) is 3. The molecule has 0 radical (unpaired) electrons. The molecule has 7 atom stereocenters. The van der Waals surface area contributed by atoms with Gasteiger partial charge in [-0.3, -0.25) is 9.36 Å². The topological polar surface area (TPSA) is 131 Å². The molecule has 3 rings (SSSR count). The molecule has 10 heteroatoms. The molecule has 3 heterocycles. The summed E-state index contributed by atoms with van der Waals surface area (Å²) in [6.07, 6.45) is -0.749. The van der Waals surface area contributed by atoms with Crippen LogP contribution in [0.25, 0.3) is 0 Å². The Kier molecular flexibility index (Phi) is 5.91. The van der Waals surface area contributed by atoms with E-state index < -0.39 is 43.0 Å². The number of aliphatic hydroxyl groups is 1. The molecule has 0 amide bonds. The lowest BCUT2D eigenvalue weighted by atomic mass is 9.92. The maximum absolute atomic E-state index is 12.6. The van der Waals surface area contributed by atoms with Gasteiger partial charge in [-0.2, -0.15) is 0 Å².